The fraction of sp³-hybridized carbons (Fsp3) is 0.500. The molecule has 0 atom stereocenters. The van der Waals surface area contributed by atoms with E-state index in [9.17, 15) is 14.7 Å². The summed E-state index contributed by atoms with van der Waals surface area (Å²) in [4.78, 5) is 30.8. The van der Waals surface area contributed by atoms with Crippen LogP contribution in [0.4, 0.5) is 4.79 Å². The molecule has 19 heavy (non-hydrogen) atoms. The Morgan fingerprint density at radius 2 is 2.11 bits per heavy atom. The first-order valence-electron chi connectivity index (χ1n) is 6.17. The number of amides is 2. The zero-order valence-corrected chi connectivity index (χ0v) is 10.4. The molecule has 0 bridgehead atoms. The van der Waals surface area contributed by atoms with Gasteiger partial charge in [0.05, 0.1) is 12.2 Å². The summed E-state index contributed by atoms with van der Waals surface area (Å²) in [6.45, 7) is 0.240. The number of nitrogens with zero attached hydrogens (tertiary/aromatic N) is 2. The fourth-order valence-electron chi connectivity index (χ4n) is 2.23. The van der Waals surface area contributed by atoms with E-state index in [-0.39, 0.29) is 6.54 Å². The first-order valence-corrected chi connectivity index (χ1v) is 6.17. The van der Waals surface area contributed by atoms with Crippen LogP contribution >= 0.6 is 0 Å². The van der Waals surface area contributed by atoms with Gasteiger partial charge in [0.1, 0.15) is 11.9 Å². The lowest BCUT2D eigenvalue weighted by atomic mass is 9.98. The van der Waals surface area contributed by atoms with Gasteiger partial charge >= 0.3 is 12.0 Å². The second-order valence-electron chi connectivity index (χ2n) is 4.60. The van der Waals surface area contributed by atoms with E-state index in [4.69, 9.17) is 0 Å². The van der Waals surface area contributed by atoms with Gasteiger partial charge in [0.2, 0.25) is 0 Å². The van der Waals surface area contributed by atoms with Crippen LogP contribution in [0.25, 0.3) is 0 Å². The van der Waals surface area contributed by atoms with E-state index in [1.807, 2.05) is 0 Å². The quantitative estimate of drug-likeness (QED) is 0.741. The van der Waals surface area contributed by atoms with Gasteiger partial charge in [0.15, 0.2) is 0 Å². The molecular weight excluding hydrogens is 248 g/mol. The van der Waals surface area contributed by atoms with Gasteiger partial charge in [-0.2, -0.15) is 0 Å². The van der Waals surface area contributed by atoms with Crippen LogP contribution < -0.4 is 10.6 Å². The molecule has 0 saturated heterocycles. The van der Waals surface area contributed by atoms with Crippen molar-refractivity contribution in [1.82, 2.24) is 20.6 Å². The third-order valence-corrected chi connectivity index (χ3v) is 3.29. The lowest BCUT2D eigenvalue weighted by Gasteiger charge is -2.25. The van der Waals surface area contributed by atoms with Crippen LogP contribution in [0.1, 0.15) is 31.4 Å². The lowest BCUT2D eigenvalue weighted by Crippen LogP contribution is -2.55. The lowest BCUT2D eigenvalue weighted by molar-refractivity contribution is -0.144. The maximum atomic E-state index is 11.8. The highest BCUT2D eigenvalue weighted by Crippen LogP contribution is 2.29. The molecule has 1 aliphatic carbocycles. The molecule has 0 aromatic carbocycles. The van der Waals surface area contributed by atoms with E-state index in [1.54, 1.807) is 12.3 Å². The molecule has 1 aromatic rings. The number of carboxylic acids is 1. The van der Waals surface area contributed by atoms with Crippen molar-refractivity contribution >= 4 is 12.0 Å². The molecule has 1 saturated carbocycles. The molecule has 2 amide bonds. The number of rotatable bonds is 4. The first kappa shape index (κ1) is 13.3. The van der Waals surface area contributed by atoms with Crippen LogP contribution in [-0.2, 0) is 11.3 Å². The third-order valence-electron chi connectivity index (χ3n) is 3.29. The topological polar surface area (TPSA) is 104 Å². The van der Waals surface area contributed by atoms with Gasteiger partial charge in [0, 0.05) is 6.20 Å². The predicted octanol–water partition coefficient (Wildman–Crippen LogP) is 0.673. The van der Waals surface area contributed by atoms with Crippen LogP contribution in [-0.4, -0.2) is 32.6 Å². The molecule has 7 heteroatoms. The standard InChI is InChI=1S/C12H16N4O3/c17-10(18)12(4-1-2-5-12)16-11(19)14-7-9-3-6-13-8-15-9/h3,6,8H,1-2,4-5,7H2,(H,17,18)(H2,14,16,19). The highest BCUT2D eigenvalue weighted by Gasteiger charge is 2.42. The zero-order valence-electron chi connectivity index (χ0n) is 10.4. The van der Waals surface area contributed by atoms with Crippen molar-refractivity contribution in [3.63, 3.8) is 0 Å². The second kappa shape index (κ2) is 5.64. The van der Waals surface area contributed by atoms with Gasteiger partial charge in [-0.3, -0.25) is 0 Å². The number of urea groups is 1. The second-order valence-corrected chi connectivity index (χ2v) is 4.60. The number of carbonyl (C=O) groups is 2. The number of nitrogens with one attached hydrogen (secondary N) is 2. The number of carboxylic acid groups (broad SMARTS) is 1. The molecule has 1 aliphatic rings. The first-order chi connectivity index (χ1) is 9.12. The largest absolute Gasteiger partial charge is 0.480 e. The van der Waals surface area contributed by atoms with E-state index >= 15 is 0 Å². The summed E-state index contributed by atoms with van der Waals surface area (Å²) in [6, 6.07) is 1.20. The maximum absolute atomic E-state index is 11.8. The van der Waals surface area contributed by atoms with Crippen molar-refractivity contribution in [3.05, 3.63) is 24.3 Å². The van der Waals surface area contributed by atoms with Gasteiger partial charge in [-0.1, -0.05) is 12.8 Å². The van der Waals surface area contributed by atoms with Crippen molar-refractivity contribution < 1.29 is 14.7 Å². The number of aromatic nitrogens is 2. The van der Waals surface area contributed by atoms with E-state index < -0.39 is 17.5 Å². The molecule has 0 radical (unpaired) electrons. The molecule has 1 heterocycles. The van der Waals surface area contributed by atoms with Crippen LogP contribution in [0.5, 0.6) is 0 Å². The van der Waals surface area contributed by atoms with Crippen molar-refractivity contribution in [2.45, 2.75) is 37.8 Å². The Balaban J connectivity index is 1.88. The van der Waals surface area contributed by atoms with Gasteiger partial charge < -0.3 is 15.7 Å². The van der Waals surface area contributed by atoms with Crippen LogP contribution in [0, 0.1) is 0 Å². The SMILES string of the molecule is O=C(NCc1ccncn1)NC1(C(=O)O)CCCC1. The fourth-order valence-corrected chi connectivity index (χ4v) is 2.23. The molecule has 0 spiro atoms. The Morgan fingerprint density at radius 1 is 1.37 bits per heavy atom. The van der Waals surface area contributed by atoms with Gasteiger partial charge in [0.25, 0.3) is 0 Å². The Kier molecular flexibility index (Phi) is 3.94. The maximum Gasteiger partial charge on any atom is 0.329 e. The summed E-state index contributed by atoms with van der Waals surface area (Å²) in [6.07, 6.45) is 5.56. The third kappa shape index (κ3) is 3.18. The summed E-state index contributed by atoms with van der Waals surface area (Å²) >= 11 is 0. The molecule has 2 rings (SSSR count). The summed E-state index contributed by atoms with van der Waals surface area (Å²) < 4.78 is 0. The Labute approximate surface area is 110 Å². The van der Waals surface area contributed by atoms with Crippen molar-refractivity contribution in [1.29, 1.82) is 0 Å². The van der Waals surface area contributed by atoms with Crippen LogP contribution in [0.2, 0.25) is 0 Å². The van der Waals surface area contributed by atoms with Gasteiger partial charge in [-0.25, -0.2) is 19.6 Å². The highest BCUT2D eigenvalue weighted by atomic mass is 16.4. The normalized spacial score (nSPS) is 16.8. The molecule has 1 aromatic heterocycles. The molecule has 7 nitrogen and oxygen atoms in total. The van der Waals surface area contributed by atoms with E-state index in [2.05, 4.69) is 20.6 Å². The molecule has 1 fully saturated rings. The number of carbonyl (C=O) groups excluding carboxylic acids is 1. The summed E-state index contributed by atoms with van der Waals surface area (Å²) in [5, 5.41) is 14.4. The van der Waals surface area contributed by atoms with E-state index in [0.29, 0.717) is 18.5 Å². The predicted molar refractivity (Wildman–Crippen MR) is 66.2 cm³/mol. The Bertz CT molecular complexity index is 457. The Hall–Kier alpha value is -2.18. The summed E-state index contributed by atoms with van der Waals surface area (Å²) in [7, 11) is 0. The molecule has 102 valence electrons. The molecule has 3 N–H and O–H groups in total. The van der Waals surface area contributed by atoms with Gasteiger partial charge in [-0.15, -0.1) is 0 Å². The van der Waals surface area contributed by atoms with Crippen molar-refractivity contribution in [2.24, 2.45) is 0 Å². The average Bonchev–Trinajstić information content (AvgIpc) is 2.87. The minimum absolute atomic E-state index is 0.240. The van der Waals surface area contributed by atoms with E-state index in [0.717, 1.165) is 12.8 Å². The minimum Gasteiger partial charge on any atom is -0.480 e. The van der Waals surface area contributed by atoms with Crippen molar-refractivity contribution in [2.75, 3.05) is 0 Å². The average molecular weight is 264 g/mol. The zero-order chi connectivity index (χ0) is 13.7. The van der Waals surface area contributed by atoms with Crippen LogP contribution in [0.3, 0.4) is 0 Å². The number of hydrogen-bond donors (Lipinski definition) is 3. The van der Waals surface area contributed by atoms with Gasteiger partial charge in [-0.05, 0) is 18.9 Å². The smallest absolute Gasteiger partial charge is 0.329 e. The van der Waals surface area contributed by atoms with E-state index in [1.165, 1.54) is 6.33 Å². The number of aliphatic carboxylic acids is 1. The number of hydrogen-bond acceptors (Lipinski definition) is 4. The highest BCUT2D eigenvalue weighted by molar-refractivity contribution is 5.86. The molecule has 0 aliphatic heterocycles. The minimum atomic E-state index is -1.12. The van der Waals surface area contributed by atoms with Crippen molar-refractivity contribution in [3.8, 4) is 0 Å². The summed E-state index contributed by atoms with van der Waals surface area (Å²) in [5.74, 6) is -0.970. The monoisotopic (exact) mass is 264 g/mol. The Morgan fingerprint density at radius 3 is 2.68 bits per heavy atom. The molecular formula is C12H16N4O3. The summed E-state index contributed by atoms with van der Waals surface area (Å²) in [5.41, 5.74) is -0.448. The molecule has 0 unspecified atom stereocenters. The van der Waals surface area contributed by atoms with Crippen LogP contribution in [0.15, 0.2) is 18.6 Å².